The summed E-state index contributed by atoms with van der Waals surface area (Å²) in [6, 6.07) is 6.10. The van der Waals surface area contributed by atoms with E-state index in [-0.39, 0.29) is 11.6 Å². The van der Waals surface area contributed by atoms with Crippen molar-refractivity contribution >= 4 is 27.7 Å². The van der Waals surface area contributed by atoms with E-state index >= 15 is 0 Å². The second-order valence-corrected chi connectivity index (χ2v) is 5.25. The maximum atomic E-state index is 13.7. The molecule has 19 heavy (non-hydrogen) atoms. The zero-order valence-corrected chi connectivity index (χ0v) is 12.1. The summed E-state index contributed by atoms with van der Waals surface area (Å²) in [5.41, 5.74) is -0.000272. The number of benzene rings is 1. The first kappa shape index (κ1) is 13.7. The number of hydrogen-bond acceptors (Lipinski definition) is 2. The van der Waals surface area contributed by atoms with E-state index < -0.39 is 11.7 Å². The fourth-order valence-electron chi connectivity index (χ4n) is 1.68. The summed E-state index contributed by atoms with van der Waals surface area (Å²) >= 11 is 3.15. The number of nitrogens with one attached hydrogen (secondary N) is 1. The van der Waals surface area contributed by atoms with E-state index in [9.17, 15) is 9.18 Å². The summed E-state index contributed by atoms with van der Waals surface area (Å²) in [4.78, 5) is 12.0. The fourth-order valence-corrected chi connectivity index (χ4v) is 2.02. The van der Waals surface area contributed by atoms with Crippen molar-refractivity contribution < 1.29 is 9.18 Å². The van der Waals surface area contributed by atoms with E-state index in [0.29, 0.717) is 10.3 Å². The molecule has 0 fully saturated rings. The van der Waals surface area contributed by atoms with E-state index in [1.165, 1.54) is 12.1 Å². The highest BCUT2D eigenvalue weighted by Crippen LogP contribution is 2.18. The monoisotopic (exact) mass is 325 g/mol. The number of carbonyl (C=O) groups is 1. The van der Waals surface area contributed by atoms with Crippen LogP contribution in [0.5, 0.6) is 0 Å². The summed E-state index contributed by atoms with van der Waals surface area (Å²) in [5, 5.41) is 6.75. The van der Waals surface area contributed by atoms with Crippen LogP contribution in [0.3, 0.4) is 0 Å². The second kappa shape index (κ2) is 5.52. The van der Waals surface area contributed by atoms with Gasteiger partial charge in [-0.1, -0.05) is 15.9 Å². The molecule has 6 heteroatoms. The third kappa shape index (κ3) is 3.01. The van der Waals surface area contributed by atoms with Crippen molar-refractivity contribution in [2.24, 2.45) is 0 Å². The van der Waals surface area contributed by atoms with Crippen molar-refractivity contribution in [3.8, 4) is 0 Å². The lowest BCUT2D eigenvalue weighted by Gasteiger charge is -2.12. The molecule has 1 heterocycles. The Bertz CT molecular complexity index is 610. The predicted octanol–water partition coefficient (Wildman–Crippen LogP) is 3.62. The van der Waals surface area contributed by atoms with Crippen LogP contribution in [0.15, 0.2) is 34.9 Å². The standard InChI is InChI=1S/C13H13BrFN3O/c1-8(2)18-12(5-6-16-18)17-13(19)10-4-3-9(14)7-11(10)15/h3-8H,1-2H3,(H,17,19). The van der Waals surface area contributed by atoms with Gasteiger partial charge in [-0.15, -0.1) is 0 Å². The predicted molar refractivity (Wildman–Crippen MR) is 74.7 cm³/mol. The van der Waals surface area contributed by atoms with Gasteiger partial charge in [0.25, 0.3) is 5.91 Å². The van der Waals surface area contributed by atoms with Crippen LogP contribution in [0.2, 0.25) is 0 Å². The Balaban J connectivity index is 2.23. The minimum atomic E-state index is -0.567. The number of anilines is 1. The van der Waals surface area contributed by atoms with E-state index in [0.717, 1.165) is 0 Å². The molecule has 0 saturated heterocycles. The molecule has 0 unspecified atom stereocenters. The van der Waals surface area contributed by atoms with Gasteiger partial charge in [-0.2, -0.15) is 5.10 Å². The summed E-state index contributed by atoms with van der Waals surface area (Å²) in [5.74, 6) is -0.516. The molecule has 0 spiro atoms. The van der Waals surface area contributed by atoms with E-state index in [1.807, 2.05) is 13.8 Å². The van der Waals surface area contributed by atoms with Crippen molar-refractivity contribution in [2.45, 2.75) is 19.9 Å². The van der Waals surface area contributed by atoms with Gasteiger partial charge in [0.15, 0.2) is 0 Å². The molecule has 0 saturated carbocycles. The largest absolute Gasteiger partial charge is 0.307 e. The van der Waals surface area contributed by atoms with Crippen LogP contribution in [0.1, 0.15) is 30.2 Å². The first-order valence-corrected chi connectivity index (χ1v) is 6.58. The number of amides is 1. The molecule has 0 radical (unpaired) electrons. The Morgan fingerprint density at radius 1 is 1.42 bits per heavy atom. The molecule has 1 amide bonds. The summed E-state index contributed by atoms with van der Waals surface area (Å²) < 4.78 is 15.9. The van der Waals surface area contributed by atoms with Crippen molar-refractivity contribution in [2.75, 3.05) is 5.32 Å². The molecule has 100 valence electrons. The summed E-state index contributed by atoms with van der Waals surface area (Å²) in [6.45, 7) is 3.89. The maximum Gasteiger partial charge on any atom is 0.259 e. The Morgan fingerprint density at radius 2 is 2.16 bits per heavy atom. The normalized spacial score (nSPS) is 10.8. The van der Waals surface area contributed by atoms with Gasteiger partial charge in [0.2, 0.25) is 0 Å². The second-order valence-electron chi connectivity index (χ2n) is 4.33. The molecule has 0 aliphatic carbocycles. The average molecular weight is 326 g/mol. The smallest absolute Gasteiger partial charge is 0.259 e. The lowest BCUT2D eigenvalue weighted by Crippen LogP contribution is -2.17. The first-order chi connectivity index (χ1) is 8.99. The third-order valence-electron chi connectivity index (χ3n) is 2.58. The van der Waals surface area contributed by atoms with Gasteiger partial charge in [0.1, 0.15) is 11.6 Å². The Morgan fingerprint density at radius 3 is 2.79 bits per heavy atom. The minimum Gasteiger partial charge on any atom is -0.307 e. The van der Waals surface area contributed by atoms with Gasteiger partial charge < -0.3 is 5.32 Å². The molecule has 0 aliphatic rings. The van der Waals surface area contributed by atoms with Crippen LogP contribution in [-0.4, -0.2) is 15.7 Å². The first-order valence-electron chi connectivity index (χ1n) is 5.79. The van der Waals surface area contributed by atoms with Gasteiger partial charge >= 0.3 is 0 Å². The Kier molecular flexibility index (Phi) is 3.99. The highest BCUT2D eigenvalue weighted by molar-refractivity contribution is 9.10. The third-order valence-corrected chi connectivity index (χ3v) is 3.07. The molecular formula is C13H13BrFN3O. The lowest BCUT2D eigenvalue weighted by atomic mass is 10.2. The molecule has 0 aliphatic heterocycles. The molecule has 2 aromatic rings. The van der Waals surface area contributed by atoms with Crippen LogP contribution < -0.4 is 5.32 Å². The SMILES string of the molecule is CC(C)n1nccc1NC(=O)c1ccc(Br)cc1F. The van der Waals surface area contributed by atoms with Gasteiger partial charge in [0.05, 0.1) is 11.8 Å². The van der Waals surface area contributed by atoms with Crippen LogP contribution in [0, 0.1) is 5.82 Å². The molecule has 2 rings (SSSR count). The molecule has 0 atom stereocenters. The topological polar surface area (TPSA) is 46.9 Å². The van der Waals surface area contributed by atoms with E-state index in [1.54, 1.807) is 23.0 Å². The van der Waals surface area contributed by atoms with Crippen molar-refractivity contribution in [3.05, 3.63) is 46.3 Å². The van der Waals surface area contributed by atoms with Gasteiger partial charge in [-0.05, 0) is 32.0 Å². The highest BCUT2D eigenvalue weighted by atomic mass is 79.9. The summed E-state index contributed by atoms with van der Waals surface area (Å²) in [6.07, 6.45) is 1.59. The molecular weight excluding hydrogens is 313 g/mol. The minimum absolute atomic E-state index is 0.000272. The maximum absolute atomic E-state index is 13.7. The molecule has 1 N–H and O–H groups in total. The van der Waals surface area contributed by atoms with Crippen LogP contribution in [0.4, 0.5) is 10.2 Å². The van der Waals surface area contributed by atoms with Crippen LogP contribution in [-0.2, 0) is 0 Å². The molecule has 4 nitrogen and oxygen atoms in total. The van der Waals surface area contributed by atoms with Crippen molar-refractivity contribution in [3.63, 3.8) is 0 Å². The van der Waals surface area contributed by atoms with Crippen molar-refractivity contribution in [1.29, 1.82) is 0 Å². The zero-order valence-electron chi connectivity index (χ0n) is 10.5. The quantitative estimate of drug-likeness (QED) is 0.936. The van der Waals surface area contributed by atoms with Crippen LogP contribution >= 0.6 is 15.9 Å². The number of nitrogens with zero attached hydrogens (tertiary/aromatic N) is 2. The Labute approximate surface area is 118 Å². The van der Waals surface area contributed by atoms with Gasteiger partial charge in [0, 0.05) is 16.6 Å². The molecule has 1 aromatic carbocycles. The average Bonchev–Trinajstić information content (AvgIpc) is 2.76. The summed E-state index contributed by atoms with van der Waals surface area (Å²) in [7, 11) is 0. The lowest BCUT2D eigenvalue weighted by molar-refractivity contribution is 0.102. The number of aromatic nitrogens is 2. The van der Waals surface area contributed by atoms with Gasteiger partial charge in [-0.3, -0.25) is 4.79 Å². The Hall–Kier alpha value is -1.69. The zero-order chi connectivity index (χ0) is 14.0. The number of carbonyl (C=O) groups excluding carboxylic acids is 1. The van der Waals surface area contributed by atoms with E-state index in [2.05, 4.69) is 26.3 Å². The molecule has 0 bridgehead atoms. The number of hydrogen-bond donors (Lipinski definition) is 1. The number of rotatable bonds is 3. The fraction of sp³-hybridized carbons (Fsp3) is 0.231. The van der Waals surface area contributed by atoms with Gasteiger partial charge in [-0.25, -0.2) is 9.07 Å². The van der Waals surface area contributed by atoms with E-state index in [4.69, 9.17) is 0 Å². The van der Waals surface area contributed by atoms with Crippen molar-refractivity contribution in [1.82, 2.24) is 9.78 Å². The number of halogens is 2. The van der Waals surface area contributed by atoms with Crippen LogP contribution in [0.25, 0.3) is 0 Å². The highest BCUT2D eigenvalue weighted by Gasteiger charge is 2.14. The molecule has 1 aromatic heterocycles.